The maximum Gasteiger partial charge on any atom is 0.236 e. The van der Waals surface area contributed by atoms with E-state index in [1.807, 2.05) is 56.2 Å². The standard InChI is InChI=1S/C21H42N6O6/c1-13(28-7)25(14(2)29-8)19-22-20(26(15(3)30-9)16(4)31-10)24-21(23-19)27(17(5)32-11)18(6)33-12/h13-18H,1-12H3. The molecule has 0 saturated carbocycles. The minimum Gasteiger partial charge on any atom is -0.362 e. The van der Waals surface area contributed by atoms with Crippen LogP contribution in [0.15, 0.2) is 0 Å². The van der Waals surface area contributed by atoms with Gasteiger partial charge in [-0.05, 0) is 41.5 Å². The molecule has 192 valence electrons. The molecule has 6 atom stereocenters. The Morgan fingerprint density at radius 1 is 0.394 bits per heavy atom. The van der Waals surface area contributed by atoms with Crippen LogP contribution in [0.4, 0.5) is 17.8 Å². The Kier molecular flexibility index (Phi) is 12.2. The third kappa shape index (κ3) is 7.08. The largest absolute Gasteiger partial charge is 0.362 e. The molecule has 0 saturated heterocycles. The molecule has 0 amide bonds. The average molecular weight is 475 g/mol. The van der Waals surface area contributed by atoms with Gasteiger partial charge in [0.05, 0.1) is 0 Å². The summed E-state index contributed by atoms with van der Waals surface area (Å²) in [4.78, 5) is 19.7. The zero-order valence-corrected chi connectivity index (χ0v) is 22.1. The first-order chi connectivity index (χ1) is 15.6. The number of hydrogen-bond acceptors (Lipinski definition) is 12. The van der Waals surface area contributed by atoms with Gasteiger partial charge in [-0.3, -0.25) is 14.7 Å². The maximum atomic E-state index is 5.58. The van der Waals surface area contributed by atoms with Crippen molar-refractivity contribution in [2.75, 3.05) is 57.4 Å². The molecule has 33 heavy (non-hydrogen) atoms. The lowest BCUT2D eigenvalue weighted by molar-refractivity contribution is 0.0367. The number of methoxy groups -OCH3 is 6. The minimum atomic E-state index is -0.385. The number of aromatic nitrogens is 3. The Morgan fingerprint density at radius 3 is 0.667 bits per heavy atom. The van der Waals surface area contributed by atoms with Gasteiger partial charge in [-0.1, -0.05) is 0 Å². The molecule has 1 aromatic heterocycles. The van der Waals surface area contributed by atoms with Gasteiger partial charge in [0.15, 0.2) is 0 Å². The maximum absolute atomic E-state index is 5.58. The molecule has 1 aromatic rings. The second-order valence-electron chi connectivity index (χ2n) is 7.47. The van der Waals surface area contributed by atoms with E-state index < -0.39 is 0 Å². The van der Waals surface area contributed by atoms with Crippen LogP contribution in [0.25, 0.3) is 0 Å². The van der Waals surface area contributed by atoms with Crippen molar-refractivity contribution in [3.05, 3.63) is 0 Å². The van der Waals surface area contributed by atoms with Gasteiger partial charge in [0, 0.05) is 42.7 Å². The molecule has 0 aliphatic heterocycles. The van der Waals surface area contributed by atoms with E-state index in [1.165, 1.54) is 0 Å². The van der Waals surface area contributed by atoms with E-state index in [2.05, 4.69) is 0 Å². The van der Waals surface area contributed by atoms with Crippen molar-refractivity contribution < 1.29 is 28.4 Å². The summed E-state index contributed by atoms with van der Waals surface area (Å²) in [5.74, 6) is 1.06. The molecule has 0 fully saturated rings. The van der Waals surface area contributed by atoms with Crippen molar-refractivity contribution in [1.29, 1.82) is 0 Å². The normalized spacial score (nSPS) is 17.1. The Bertz CT molecular complexity index is 568. The molecule has 0 aliphatic carbocycles. The predicted octanol–water partition coefficient (Wildman–Crippen LogP) is 2.25. The second kappa shape index (κ2) is 13.8. The summed E-state index contributed by atoms with van der Waals surface area (Å²) in [5, 5.41) is 0. The molecule has 0 radical (unpaired) electrons. The van der Waals surface area contributed by atoms with Gasteiger partial charge < -0.3 is 28.4 Å². The highest BCUT2D eigenvalue weighted by Crippen LogP contribution is 2.27. The van der Waals surface area contributed by atoms with Gasteiger partial charge in [0.25, 0.3) is 0 Å². The first-order valence-corrected chi connectivity index (χ1v) is 10.9. The van der Waals surface area contributed by atoms with E-state index in [-0.39, 0.29) is 37.4 Å². The fourth-order valence-electron chi connectivity index (χ4n) is 3.23. The van der Waals surface area contributed by atoms with Crippen LogP contribution < -0.4 is 14.7 Å². The Morgan fingerprint density at radius 2 is 0.545 bits per heavy atom. The van der Waals surface area contributed by atoms with E-state index in [9.17, 15) is 0 Å². The van der Waals surface area contributed by atoms with Crippen LogP contribution in [0.3, 0.4) is 0 Å². The highest BCUT2D eigenvalue weighted by Gasteiger charge is 2.32. The first-order valence-electron chi connectivity index (χ1n) is 10.9. The molecule has 6 unspecified atom stereocenters. The fraction of sp³-hybridized carbons (Fsp3) is 0.857. The summed E-state index contributed by atoms with van der Waals surface area (Å²) in [5.41, 5.74) is 0. The van der Waals surface area contributed by atoms with E-state index in [0.29, 0.717) is 17.8 Å². The quantitative estimate of drug-likeness (QED) is 0.348. The van der Waals surface area contributed by atoms with Gasteiger partial charge in [-0.25, -0.2) is 0 Å². The molecule has 0 aromatic carbocycles. The van der Waals surface area contributed by atoms with Crippen LogP contribution in [0, 0.1) is 0 Å². The Hall–Kier alpha value is -1.83. The second-order valence-corrected chi connectivity index (χ2v) is 7.47. The number of ether oxygens (including phenoxy) is 6. The Balaban J connectivity index is 3.88. The number of hydrogen-bond donors (Lipinski definition) is 0. The number of nitrogens with zero attached hydrogens (tertiary/aromatic N) is 6. The van der Waals surface area contributed by atoms with Crippen LogP contribution in [0.2, 0.25) is 0 Å². The van der Waals surface area contributed by atoms with E-state index in [0.717, 1.165) is 0 Å². The monoisotopic (exact) mass is 474 g/mol. The van der Waals surface area contributed by atoms with Crippen molar-refractivity contribution in [3.8, 4) is 0 Å². The number of rotatable bonds is 15. The number of anilines is 3. The van der Waals surface area contributed by atoms with Gasteiger partial charge in [-0.15, -0.1) is 0 Å². The van der Waals surface area contributed by atoms with E-state index in [1.54, 1.807) is 42.7 Å². The molecule has 0 bridgehead atoms. The summed E-state index contributed by atoms with van der Waals surface area (Å²) >= 11 is 0. The van der Waals surface area contributed by atoms with Crippen molar-refractivity contribution >= 4 is 17.8 Å². The molecular weight excluding hydrogens is 432 g/mol. The topological polar surface area (TPSA) is 104 Å². The van der Waals surface area contributed by atoms with Crippen molar-refractivity contribution in [1.82, 2.24) is 15.0 Å². The van der Waals surface area contributed by atoms with Crippen LogP contribution in [-0.4, -0.2) is 95.0 Å². The van der Waals surface area contributed by atoms with Crippen LogP contribution in [0.1, 0.15) is 41.5 Å². The van der Waals surface area contributed by atoms with Crippen LogP contribution >= 0.6 is 0 Å². The first kappa shape index (κ1) is 29.2. The molecule has 0 aliphatic rings. The predicted molar refractivity (Wildman–Crippen MR) is 126 cm³/mol. The summed E-state index contributed by atoms with van der Waals surface area (Å²) < 4.78 is 33.5. The fourth-order valence-corrected chi connectivity index (χ4v) is 3.23. The molecule has 1 heterocycles. The SMILES string of the molecule is COC(C)N(c1nc(N(C(C)OC)C(C)OC)nc(N(C(C)OC)C(C)OC)n1)C(C)OC. The zero-order valence-electron chi connectivity index (χ0n) is 22.1. The summed E-state index contributed by atoms with van der Waals surface area (Å²) in [7, 11) is 9.68. The molecular formula is C21H42N6O6. The third-order valence-electron chi connectivity index (χ3n) is 5.69. The minimum absolute atomic E-state index is 0.354. The summed E-state index contributed by atoms with van der Waals surface area (Å²) in [6.07, 6.45) is -2.31. The van der Waals surface area contributed by atoms with Gasteiger partial charge in [0.2, 0.25) is 17.8 Å². The van der Waals surface area contributed by atoms with Crippen molar-refractivity contribution in [3.63, 3.8) is 0 Å². The third-order valence-corrected chi connectivity index (χ3v) is 5.69. The molecule has 0 spiro atoms. The molecule has 12 heteroatoms. The van der Waals surface area contributed by atoms with E-state index >= 15 is 0 Å². The van der Waals surface area contributed by atoms with Crippen molar-refractivity contribution in [2.45, 2.75) is 78.9 Å². The van der Waals surface area contributed by atoms with Crippen LogP contribution in [-0.2, 0) is 28.4 Å². The lowest BCUT2D eigenvalue weighted by atomic mass is 10.4. The summed E-state index contributed by atoms with van der Waals surface area (Å²) in [6.45, 7) is 11.3. The molecule has 12 nitrogen and oxygen atoms in total. The molecule has 1 rings (SSSR count). The Labute approximate surface area is 198 Å². The van der Waals surface area contributed by atoms with Crippen LogP contribution in [0.5, 0.6) is 0 Å². The van der Waals surface area contributed by atoms with Crippen molar-refractivity contribution in [2.24, 2.45) is 0 Å². The highest BCUT2D eigenvalue weighted by molar-refractivity contribution is 5.48. The van der Waals surface area contributed by atoms with E-state index in [4.69, 9.17) is 43.4 Å². The lowest BCUT2D eigenvalue weighted by Gasteiger charge is -2.37. The van der Waals surface area contributed by atoms with Gasteiger partial charge in [-0.2, -0.15) is 15.0 Å². The van der Waals surface area contributed by atoms with Gasteiger partial charge in [0.1, 0.15) is 37.4 Å². The lowest BCUT2D eigenvalue weighted by Crippen LogP contribution is -2.48. The highest BCUT2D eigenvalue weighted by atomic mass is 16.5. The van der Waals surface area contributed by atoms with Gasteiger partial charge >= 0.3 is 0 Å². The smallest absolute Gasteiger partial charge is 0.236 e. The molecule has 0 N–H and O–H groups in total. The average Bonchev–Trinajstić information content (AvgIpc) is 2.83. The zero-order chi connectivity index (χ0) is 25.3. The summed E-state index contributed by atoms with van der Waals surface area (Å²) in [6, 6.07) is 0.